The van der Waals surface area contributed by atoms with E-state index in [1.54, 1.807) is 4.90 Å². The van der Waals surface area contributed by atoms with Crippen LogP contribution in [0.25, 0.3) is 0 Å². The number of rotatable bonds is 1. The number of nitrogens with zero attached hydrogens (tertiary/aromatic N) is 1. The molecule has 7 heteroatoms. The van der Waals surface area contributed by atoms with E-state index in [1.807, 2.05) is 34.6 Å². The predicted octanol–water partition coefficient (Wildman–Crippen LogP) is 0.494. The zero-order chi connectivity index (χ0) is 15.7. The zero-order valence-electron chi connectivity index (χ0n) is 12.9. The summed E-state index contributed by atoms with van der Waals surface area (Å²) < 4.78 is 4.64. The molecule has 2 saturated heterocycles. The smallest absolute Gasteiger partial charge is 0.409 e. The van der Waals surface area contributed by atoms with E-state index in [0.717, 1.165) is 13.1 Å². The fraction of sp³-hybridized carbons (Fsp3) is 0.769. The van der Waals surface area contributed by atoms with Crippen LogP contribution in [0.4, 0.5) is 4.79 Å². The van der Waals surface area contributed by atoms with Crippen LogP contribution in [-0.2, 0) is 14.3 Å². The summed E-state index contributed by atoms with van der Waals surface area (Å²) in [5.41, 5.74) is 0. The maximum absolute atomic E-state index is 10.6. The fourth-order valence-electron chi connectivity index (χ4n) is 1.51. The average Bonchev–Trinajstić information content (AvgIpc) is 2.85. The van der Waals surface area contributed by atoms with Gasteiger partial charge in [0.2, 0.25) is 0 Å². The first kappa shape index (κ1) is 18.2. The van der Waals surface area contributed by atoms with E-state index in [2.05, 4.69) is 15.4 Å². The summed E-state index contributed by atoms with van der Waals surface area (Å²) in [5, 5.41) is 5.06. The Hall–Kier alpha value is -1.79. The minimum atomic E-state index is -0.536. The summed E-state index contributed by atoms with van der Waals surface area (Å²) in [6, 6.07) is 0.0652. The van der Waals surface area contributed by atoms with E-state index in [-0.39, 0.29) is 18.2 Å². The molecular weight excluding hydrogens is 262 g/mol. The number of nitrogens with one attached hydrogen (secondary N) is 2. The lowest BCUT2D eigenvalue weighted by Gasteiger charge is -2.26. The van der Waals surface area contributed by atoms with Gasteiger partial charge in [-0.25, -0.2) is 4.79 Å². The molecule has 0 radical (unpaired) electrons. The van der Waals surface area contributed by atoms with Crippen molar-refractivity contribution in [1.29, 1.82) is 0 Å². The molecule has 2 unspecified atom stereocenters. The Bertz CT molecular complexity index is 327. The van der Waals surface area contributed by atoms with E-state index in [0.29, 0.717) is 6.61 Å². The van der Waals surface area contributed by atoms with Crippen molar-refractivity contribution in [2.75, 3.05) is 19.7 Å². The third kappa shape index (κ3) is 5.46. The molecule has 116 valence electrons. The molecule has 20 heavy (non-hydrogen) atoms. The van der Waals surface area contributed by atoms with Gasteiger partial charge in [0.05, 0.1) is 6.54 Å². The van der Waals surface area contributed by atoms with E-state index in [1.165, 1.54) is 0 Å². The van der Waals surface area contributed by atoms with E-state index in [9.17, 15) is 14.4 Å². The maximum atomic E-state index is 10.6. The van der Waals surface area contributed by atoms with Crippen LogP contribution in [0, 0.1) is 0 Å². The van der Waals surface area contributed by atoms with Gasteiger partial charge in [-0.15, -0.1) is 0 Å². The van der Waals surface area contributed by atoms with Crippen LogP contribution < -0.4 is 10.6 Å². The highest BCUT2D eigenvalue weighted by Crippen LogP contribution is 2.00. The van der Waals surface area contributed by atoms with E-state index >= 15 is 0 Å². The van der Waals surface area contributed by atoms with Gasteiger partial charge in [-0.05, 0) is 20.8 Å². The predicted molar refractivity (Wildman–Crippen MR) is 75.2 cm³/mol. The molecule has 0 aliphatic carbocycles. The Balaban J connectivity index is 0.000000327. The number of hydrogen-bond donors (Lipinski definition) is 2. The Morgan fingerprint density at radius 1 is 1.10 bits per heavy atom. The van der Waals surface area contributed by atoms with Gasteiger partial charge in [-0.3, -0.25) is 9.59 Å². The second-order valence-electron chi connectivity index (χ2n) is 4.22. The Kier molecular flexibility index (Phi) is 8.35. The highest BCUT2D eigenvalue weighted by Gasteiger charge is 2.27. The Morgan fingerprint density at radius 3 is 1.80 bits per heavy atom. The number of carbonyl (C=O) groups excluding carboxylic acids is 3. The van der Waals surface area contributed by atoms with Gasteiger partial charge >= 0.3 is 17.9 Å². The normalized spacial score (nSPS) is 24.4. The molecule has 2 fully saturated rings. The van der Waals surface area contributed by atoms with Crippen LogP contribution in [0.2, 0.25) is 0 Å². The summed E-state index contributed by atoms with van der Waals surface area (Å²) in [4.78, 5) is 33.4. The Morgan fingerprint density at radius 2 is 1.55 bits per heavy atom. The van der Waals surface area contributed by atoms with Crippen molar-refractivity contribution in [3.8, 4) is 0 Å². The number of amides is 3. The van der Waals surface area contributed by atoms with Crippen molar-refractivity contribution < 1.29 is 19.1 Å². The lowest BCUT2D eigenvalue weighted by Crippen LogP contribution is -2.59. The third-order valence-electron chi connectivity index (χ3n) is 2.90. The molecule has 0 aromatic rings. The molecule has 2 heterocycles. The van der Waals surface area contributed by atoms with Gasteiger partial charge in [0.15, 0.2) is 0 Å². The Labute approximate surface area is 120 Å². The second kappa shape index (κ2) is 9.17. The monoisotopic (exact) mass is 287 g/mol. The second-order valence-corrected chi connectivity index (χ2v) is 4.22. The molecule has 2 N–H and O–H groups in total. The molecule has 0 spiro atoms. The molecule has 0 aromatic carbocycles. The van der Waals surface area contributed by atoms with Crippen LogP contribution >= 0.6 is 0 Å². The minimum absolute atomic E-state index is 0.0326. The fourth-order valence-corrected chi connectivity index (χ4v) is 1.51. The molecule has 3 amide bonds. The molecule has 0 aromatic heterocycles. The van der Waals surface area contributed by atoms with Crippen molar-refractivity contribution in [1.82, 2.24) is 15.5 Å². The van der Waals surface area contributed by atoms with Gasteiger partial charge < -0.3 is 20.3 Å². The largest absolute Gasteiger partial charge is 0.448 e. The van der Waals surface area contributed by atoms with Crippen LogP contribution in [0.3, 0.4) is 0 Å². The number of piperazine rings is 1. The molecule has 2 aliphatic heterocycles. The van der Waals surface area contributed by atoms with Gasteiger partial charge in [0.1, 0.15) is 6.61 Å². The van der Waals surface area contributed by atoms with Crippen LogP contribution in [-0.4, -0.2) is 54.6 Å². The summed E-state index contributed by atoms with van der Waals surface area (Å²) >= 11 is 0. The number of ether oxygens (including phenoxy) is 1. The first-order chi connectivity index (χ1) is 9.45. The van der Waals surface area contributed by atoms with Gasteiger partial charge in [-0.2, -0.15) is 0 Å². The summed E-state index contributed by atoms with van der Waals surface area (Å²) in [7, 11) is 0. The first-order valence-corrected chi connectivity index (χ1v) is 6.98. The number of cyclic esters (lactones) is 1. The zero-order valence-corrected chi connectivity index (χ0v) is 12.9. The first-order valence-electron chi connectivity index (χ1n) is 6.98. The lowest BCUT2D eigenvalue weighted by molar-refractivity contribution is -0.142. The van der Waals surface area contributed by atoms with E-state index in [4.69, 9.17) is 0 Å². The van der Waals surface area contributed by atoms with Crippen LogP contribution in [0.5, 0.6) is 0 Å². The summed E-state index contributed by atoms with van der Waals surface area (Å²) in [6.07, 6.45) is -0.174. The molecule has 2 rings (SSSR count). The van der Waals surface area contributed by atoms with Gasteiger partial charge in [0, 0.05) is 18.6 Å². The summed E-state index contributed by atoms with van der Waals surface area (Å²) in [6.45, 7) is 11.7. The number of likely N-dealkylation sites (N-methyl/N-ethyl adjacent to an activating group) is 1. The molecule has 2 atom stereocenters. The van der Waals surface area contributed by atoms with Crippen LogP contribution in [0.15, 0.2) is 0 Å². The standard InChI is InChI=1S/C6H10N2O2.C5H9NO2.C2H6/c1-3-4(2)8-6(10)5(9)7-3;1-2-6-3-4-8-5(6)7;1-2/h3-4H,1-2H3,(H,7,9)(H,8,10);2-4H2,1H3;1-2H3. The van der Waals surface area contributed by atoms with Crippen molar-refractivity contribution in [2.24, 2.45) is 0 Å². The number of hydrogen-bond acceptors (Lipinski definition) is 4. The molecule has 7 nitrogen and oxygen atoms in total. The van der Waals surface area contributed by atoms with Crippen molar-refractivity contribution >= 4 is 17.9 Å². The van der Waals surface area contributed by atoms with Gasteiger partial charge in [0.25, 0.3) is 0 Å². The van der Waals surface area contributed by atoms with Crippen LogP contribution in [0.1, 0.15) is 34.6 Å². The molecular formula is C13H25N3O4. The van der Waals surface area contributed by atoms with Gasteiger partial charge in [-0.1, -0.05) is 13.8 Å². The minimum Gasteiger partial charge on any atom is -0.448 e. The lowest BCUT2D eigenvalue weighted by atomic mass is 10.1. The topological polar surface area (TPSA) is 87.7 Å². The average molecular weight is 287 g/mol. The highest BCUT2D eigenvalue weighted by molar-refractivity contribution is 6.35. The SMILES string of the molecule is CC.CC1NC(=O)C(=O)NC1C.CCN1CCOC1=O. The summed E-state index contributed by atoms with van der Waals surface area (Å²) in [5.74, 6) is -1.07. The quantitative estimate of drug-likeness (QED) is 0.687. The van der Waals surface area contributed by atoms with Crippen molar-refractivity contribution in [3.63, 3.8) is 0 Å². The highest BCUT2D eigenvalue weighted by atomic mass is 16.6. The number of carbonyl (C=O) groups is 3. The van der Waals surface area contributed by atoms with E-state index < -0.39 is 11.8 Å². The molecule has 0 saturated carbocycles. The molecule has 0 bridgehead atoms. The van der Waals surface area contributed by atoms with Crippen molar-refractivity contribution in [3.05, 3.63) is 0 Å². The third-order valence-corrected chi connectivity index (χ3v) is 2.90. The molecule has 2 aliphatic rings. The van der Waals surface area contributed by atoms with Crippen molar-refractivity contribution in [2.45, 2.75) is 46.7 Å². The maximum Gasteiger partial charge on any atom is 0.409 e.